The van der Waals surface area contributed by atoms with Crippen molar-refractivity contribution >= 4 is 0 Å². The normalized spacial score (nSPS) is 9.83. The minimum atomic E-state index is 0.990. The highest BCUT2D eigenvalue weighted by Crippen LogP contribution is 2.13. The summed E-state index contributed by atoms with van der Waals surface area (Å²) in [6.07, 6.45) is 4.07. The van der Waals surface area contributed by atoms with E-state index in [0.29, 0.717) is 0 Å². The van der Waals surface area contributed by atoms with Gasteiger partial charge in [0.2, 0.25) is 0 Å². The first-order valence-electron chi connectivity index (χ1n) is 4.47. The maximum absolute atomic E-state index is 3.75. The molecular weight excluding hydrogens is 144 g/mol. The fourth-order valence-electron chi connectivity index (χ4n) is 1.44. The molecule has 0 aliphatic rings. The Morgan fingerprint density at radius 1 is 1.33 bits per heavy atom. The first kappa shape index (κ1) is 9.05. The summed E-state index contributed by atoms with van der Waals surface area (Å²) in [6.45, 7) is 8.09. The smallest absolute Gasteiger partial charge is 0.00974 e. The third kappa shape index (κ3) is 1.97. The highest BCUT2D eigenvalue weighted by atomic mass is 14.0. The van der Waals surface area contributed by atoms with Crippen LogP contribution in [0, 0.1) is 6.92 Å². The van der Waals surface area contributed by atoms with Crippen LogP contribution < -0.4 is 0 Å². The van der Waals surface area contributed by atoms with E-state index in [2.05, 4.69) is 38.6 Å². The minimum Gasteiger partial charge on any atom is -0.103 e. The van der Waals surface area contributed by atoms with E-state index < -0.39 is 0 Å². The Kier molecular flexibility index (Phi) is 3.09. The molecule has 0 aliphatic carbocycles. The zero-order valence-electron chi connectivity index (χ0n) is 7.93. The molecule has 0 atom stereocenters. The monoisotopic (exact) mass is 160 g/mol. The van der Waals surface area contributed by atoms with E-state index >= 15 is 0 Å². The van der Waals surface area contributed by atoms with Gasteiger partial charge in [-0.15, -0.1) is 6.58 Å². The third-order valence-electron chi connectivity index (χ3n) is 2.11. The molecule has 0 fully saturated rings. The predicted molar refractivity (Wildman–Crippen MR) is 54.5 cm³/mol. The number of hydrogen-bond acceptors (Lipinski definition) is 0. The summed E-state index contributed by atoms with van der Waals surface area (Å²) in [5, 5.41) is 0. The molecule has 0 aliphatic heterocycles. The maximum Gasteiger partial charge on any atom is -0.00974 e. The average molecular weight is 160 g/mol. The van der Waals surface area contributed by atoms with Crippen molar-refractivity contribution in [2.24, 2.45) is 0 Å². The Labute approximate surface area is 74.9 Å². The van der Waals surface area contributed by atoms with Crippen molar-refractivity contribution in [1.82, 2.24) is 0 Å². The number of hydrogen-bond donors (Lipinski definition) is 0. The molecule has 0 heteroatoms. The predicted octanol–water partition coefficient (Wildman–Crippen LogP) is 3.29. The molecule has 0 saturated carbocycles. The summed E-state index contributed by atoms with van der Waals surface area (Å²) in [5.74, 6) is 0. The second-order valence-electron chi connectivity index (χ2n) is 3.12. The van der Waals surface area contributed by atoms with Crippen LogP contribution >= 0.6 is 0 Å². The van der Waals surface area contributed by atoms with E-state index in [9.17, 15) is 0 Å². The van der Waals surface area contributed by atoms with Gasteiger partial charge in [-0.05, 0) is 30.9 Å². The molecule has 0 radical (unpaired) electrons. The van der Waals surface area contributed by atoms with Crippen molar-refractivity contribution in [3.8, 4) is 0 Å². The van der Waals surface area contributed by atoms with Crippen molar-refractivity contribution < 1.29 is 0 Å². The molecule has 0 unspecified atom stereocenters. The van der Waals surface area contributed by atoms with Crippen molar-refractivity contribution in [2.45, 2.75) is 26.7 Å². The highest BCUT2D eigenvalue weighted by molar-refractivity contribution is 5.32. The van der Waals surface area contributed by atoms with Crippen LogP contribution in [0.15, 0.2) is 30.9 Å². The molecular formula is C12H16. The van der Waals surface area contributed by atoms with Crippen LogP contribution in [0.25, 0.3) is 0 Å². The van der Waals surface area contributed by atoms with Crippen molar-refractivity contribution in [2.75, 3.05) is 0 Å². The molecule has 0 heterocycles. The van der Waals surface area contributed by atoms with Crippen LogP contribution in [0.3, 0.4) is 0 Å². The summed E-state index contributed by atoms with van der Waals surface area (Å²) in [4.78, 5) is 0. The van der Waals surface area contributed by atoms with Crippen LogP contribution in [0.4, 0.5) is 0 Å². The van der Waals surface area contributed by atoms with E-state index in [1.807, 2.05) is 6.08 Å². The van der Waals surface area contributed by atoms with E-state index in [-0.39, 0.29) is 0 Å². The molecule has 0 saturated heterocycles. The molecule has 0 bridgehead atoms. The Morgan fingerprint density at radius 3 is 2.67 bits per heavy atom. The van der Waals surface area contributed by atoms with Crippen LogP contribution in [0.1, 0.15) is 23.6 Å². The molecule has 12 heavy (non-hydrogen) atoms. The molecule has 1 rings (SSSR count). The summed E-state index contributed by atoms with van der Waals surface area (Å²) in [7, 11) is 0. The molecule has 1 aromatic carbocycles. The van der Waals surface area contributed by atoms with Gasteiger partial charge in [-0.3, -0.25) is 0 Å². The maximum atomic E-state index is 3.75. The third-order valence-corrected chi connectivity index (χ3v) is 2.11. The quantitative estimate of drug-likeness (QED) is 0.595. The number of benzene rings is 1. The van der Waals surface area contributed by atoms with Gasteiger partial charge in [0.15, 0.2) is 0 Å². The topological polar surface area (TPSA) is 0 Å². The van der Waals surface area contributed by atoms with Gasteiger partial charge in [0.1, 0.15) is 0 Å². The van der Waals surface area contributed by atoms with Gasteiger partial charge < -0.3 is 0 Å². The Hall–Kier alpha value is -1.04. The van der Waals surface area contributed by atoms with Crippen LogP contribution in [0.2, 0.25) is 0 Å². The number of allylic oxidation sites excluding steroid dienone is 1. The van der Waals surface area contributed by atoms with Crippen molar-refractivity contribution in [3.05, 3.63) is 47.5 Å². The van der Waals surface area contributed by atoms with E-state index in [1.165, 1.54) is 16.7 Å². The van der Waals surface area contributed by atoms with Crippen LogP contribution in [0.5, 0.6) is 0 Å². The van der Waals surface area contributed by atoms with Gasteiger partial charge in [0.05, 0.1) is 0 Å². The highest BCUT2D eigenvalue weighted by Gasteiger charge is 1.97. The van der Waals surface area contributed by atoms with Crippen LogP contribution in [-0.2, 0) is 12.8 Å². The van der Waals surface area contributed by atoms with Gasteiger partial charge >= 0.3 is 0 Å². The molecule has 1 aromatic rings. The number of rotatable bonds is 3. The van der Waals surface area contributed by atoms with Gasteiger partial charge in [-0.25, -0.2) is 0 Å². The fraction of sp³-hybridized carbons (Fsp3) is 0.333. The molecule has 64 valence electrons. The Morgan fingerprint density at radius 2 is 2.08 bits per heavy atom. The number of aryl methyl sites for hydroxylation is 2. The van der Waals surface area contributed by atoms with Crippen LogP contribution in [-0.4, -0.2) is 0 Å². The summed E-state index contributed by atoms with van der Waals surface area (Å²) in [5.41, 5.74) is 4.22. The average Bonchev–Trinajstić information content (AvgIpc) is 2.08. The molecule has 0 aromatic heterocycles. The van der Waals surface area contributed by atoms with E-state index in [0.717, 1.165) is 12.8 Å². The van der Waals surface area contributed by atoms with Crippen molar-refractivity contribution in [3.63, 3.8) is 0 Å². The summed E-state index contributed by atoms with van der Waals surface area (Å²) < 4.78 is 0. The zero-order valence-corrected chi connectivity index (χ0v) is 7.93. The second kappa shape index (κ2) is 4.10. The Bertz CT molecular complexity index is 271. The molecule has 0 spiro atoms. The summed E-state index contributed by atoms with van der Waals surface area (Å²) in [6, 6.07) is 6.63. The second-order valence-corrected chi connectivity index (χ2v) is 3.12. The molecule has 0 amide bonds. The first-order chi connectivity index (χ1) is 5.77. The lowest BCUT2D eigenvalue weighted by atomic mass is 10.0. The van der Waals surface area contributed by atoms with Gasteiger partial charge in [-0.2, -0.15) is 0 Å². The zero-order chi connectivity index (χ0) is 8.97. The lowest BCUT2D eigenvalue weighted by Crippen LogP contribution is -1.91. The lowest BCUT2D eigenvalue weighted by Gasteiger charge is -2.05. The molecule has 0 nitrogen and oxygen atoms in total. The first-order valence-corrected chi connectivity index (χ1v) is 4.47. The standard InChI is InChI=1S/C12H16/c1-4-6-12-8-7-10(3)9-11(12)5-2/h4,7-9H,1,5-6H2,2-3H3. The Balaban J connectivity index is 3.01. The molecule has 0 N–H and O–H groups in total. The van der Waals surface area contributed by atoms with Gasteiger partial charge in [-0.1, -0.05) is 36.8 Å². The van der Waals surface area contributed by atoms with Gasteiger partial charge in [0.25, 0.3) is 0 Å². The van der Waals surface area contributed by atoms with E-state index in [1.54, 1.807) is 0 Å². The minimum absolute atomic E-state index is 0.990. The van der Waals surface area contributed by atoms with Gasteiger partial charge in [0, 0.05) is 0 Å². The van der Waals surface area contributed by atoms with Crippen molar-refractivity contribution in [1.29, 1.82) is 0 Å². The summed E-state index contributed by atoms with van der Waals surface area (Å²) >= 11 is 0. The fourth-order valence-corrected chi connectivity index (χ4v) is 1.44. The largest absolute Gasteiger partial charge is 0.103 e. The van der Waals surface area contributed by atoms with E-state index in [4.69, 9.17) is 0 Å². The SMILES string of the molecule is C=CCc1ccc(C)cc1CC. The lowest BCUT2D eigenvalue weighted by molar-refractivity contribution is 1.07.